The molecule has 0 saturated carbocycles. The van der Waals surface area contributed by atoms with E-state index in [0.717, 1.165) is 6.54 Å². The topological polar surface area (TPSA) is 27.8 Å². The second-order valence-electron chi connectivity index (χ2n) is 5.57. The number of fused-ring (bicyclic) bond motifs is 3. The highest BCUT2D eigenvalue weighted by atomic mass is 14.9. The average Bonchev–Trinajstić information content (AvgIpc) is 2.87. The Labute approximate surface area is 109 Å². The van der Waals surface area contributed by atoms with E-state index >= 15 is 0 Å². The van der Waals surface area contributed by atoms with Gasteiger partial charge in [-0.05, 0) is 56.8 Å². The minimum absolute atomic E-state index is 0.551. The van der Waals surface area contributed by atoms with E-state index in [-0.39, 0.29) is 0 Å². The van der Waals surface area contributed by atoms with Gasteiger partial charge in [-0.15, -0.1) is 0 Å². The van der Waals surface area contributed by atoms with Crippen molar-refractivity contribution in [3.63, 3.8) is 0 Å². The molecule has 0 fully saturated rings. The Morgan fingerprint density at radius 2 is 2.17 bits per heavy atom. The van der Waals surface area contributed by atoms with Crippen molar-refractivity contribution in [1.82, 2.24) is 10.3 Å². The molecule has 96 valence electrons. The van der Waals surface area contributed by atoms with Gasteiger partial charge in [0.2, 0.25) is 0 Å². The highest BCUT2D eigenvalue weighted by Crippen LogP contribution is 2.38. The van der Waals surface area contributed by atoms with Crippen molar-refractivity contribution >= 4 is 10.9 Å². The third-order valence-electron chi connectivity index (χ3n) is 4.04. The van der Waals surface area contributed by atoms with Gasteiger partial charge >= 0.3 is 0 Å². The maximum Gasteiger partial charge on any atom is 0.0489 e. The van der Waals surface area contributed by atoms with Crippen LogP contribution in [0.1, 0.15) is 48.2 Å². The monoisotopic (exact) mass is 242 g/mol. The number of hydrogen-bond donors (Lipinski definition) is 2. The van der Waals surface area contributed by atoms with Crippen LogP contribution in [0.25, 0.3) is 10.9 Å². The minimum atomic E-state index is 0.551. The molecule has 0 radical (unpaired) electrons. The largest absolute Gasteiger partial charge is 0.358 e. The summed E-state index contributed by atoms with van der Waals surface area (Å²) in [6, 6.07) is 5.15. The number of aryl methyl sites for hydroxylation is 3. The van der Waals surface area contributed by atoms with E-state index in [1.165, 1.54) is 52.5 Å². The van der Waals surface area contributed by atoms with Crippen molar-refractivity contribution in [1.29, 1.82) is 0 Å². The molecule has 1 atom stereocenters. The van der Waals surface area contributed by atoms with Crippen LogP contribution < -0.4 is 5.32 Å². The van der Waals surface area contributed by atoms with Gasteiger partial charge in [-0.25, -0.2) is 0 Å². The van der Waals surface area contributed by atoms with Gasteiger partial charge < -0.3 is 10.3 Å². The lowest BCUT2D eigenvalue weighted by Gasteiger charge is -2.13. The fourth-order valence-electron chi connectivity index (χ4n) is 3.28. The van der Waals surface area contributed by atoms with E-state index in [1.54, 1.807) is 0 Å². The first-order valence-electron chi connectivity index (χ1n) is 7.05. The number of rotatable bonds is 3. The molecule has 2 heteroatoms. The minimum Gasteiger partial charge on any atom is -0.358 e. The summed E-state index contributed by atoms with van der Waals surface area (Å²) in [4.78, 5) is 3.64. The van der Waals surface area contributed by atoms with E-state index in [4.69, 9.17) is 0 Å². The van der Waals surface area contributed by atoms with Gasteiger partial charge in [0.1, 0.15) is 0 Å². The van der Waals surface area contributed by atoms with Crippen LogP contribution in [0.2, 0.25) is 0 Å². The molecule has 0 aliphatic heterocycles. The zero-order valence-electron chi connectivity index (χ0n) is 11.6. The molecular formula is C16H22N2. The molecular weight excluding hydrogens is 220 g/mol. The first kappa shape index (κ1) is 11.8. The zero-order valence-corrected chi connectivity index (χ0v) is 11.6. The van der Waals surface area contributed by atoms with Gasteiger partial charge in [0, 0.05) is 22.6 Å². The molecule has 2 nitrogen and oxygen atoms in total. The molecule has 0 spiro atoms. The molecule has 1 aromatic heterocycles. The van der Waals surface area contributed by atoms with Crippen LogP contribution in [0.4, 0.5) is 0 Å². The standard InChI is InChI=1S/C16H22N2/c1-4-7-17-13-5-6-14-15(13)12-9-10(2)8-11(3)16(12)18-14/h8-9,13,17-18H,4-7H2,1-3H3. The van der Waals surface area contributed by atoms with Gasteiger partial charge in [0.25, 0.3) is 0 Å². The van der Waals surface area contributed by atoms with Crippen molar-refractivity contribution in [3.8, 4) is 0 Å². The first-order valence-corrected chi connectivity index (χ1v) is 7.05. The molecule has 1 aliphatic rings. The lowest BCUT2D eigenvalue weighted by atomic mass is 10.0. The molecule has 0 saturated heterocycles. The second-order valence-corrected chi connectivity index (χ2v) is 5.57. The van der Waals surface area contributed by atoms with Crippen LogP contribution in [-0.2, 0) is 6.42 Å². The van der Waals surface area contributed by atoms with E-state index in [1.807, 2.05) is 0 Å². The third kappa shape index (κ3) is 1.76. The smallest absolute Gasteiger partial charge is 0.0489 e. The Bertz CT molecular complexity index is 580. The average molecular weight is 242 g/mol. The highest BCUT2D eigenvalue weighted by molar-refractivity contribution is 5.89. The highest BCUT2D eigenvalue weighted by Gasteiger charge is 2.26. The molecule has 3 rings (SSSR count). The quantitative estimate of drug-likeness (QED) is 0.842. The Morgan fingerprint density at radius 3 is 2.94 bits per heavy atom. The summed E-state index contributed by atoms with van der Waals surface area (Å²) in [5, 5.41) is 5.12. The van der Waals surface area contributed by atoms with Crippen molar-refractivity contribution in [3.05, 3.63) is 34.5 Å². The molecule has 2 aromatic rings. The molecule has 18 heavy (non-hydrogen) atoms. The fraction of sp³-hybridized carbons (Fsp3) is 0.500. The Morgan fingerprint density at radius 1 is 1.33 bits per heavy atom. The Hall–Kier alpha value is -1.28. The number of hydrogen-bond acceptors (Lipinski definition) is 1. The van der Waals surface area contributed by atoms with Crippen LogP contribution in [0, 0.1) is 13.8 Å². The van der Waals surface area contributed by atoms with Crippen molar-refractivity contribution in [2.45, 2.75) is 46.1 Å². The summed E-state index contributed by atoms with van der Waals surface area (Å²) >= 11 is 0. The zero-order chi connectivity index (χ0) is 12.7. The van der Waals surface area contributed by atoms with Gasteiger partial charge in [-0.3, -0.25) is 0 Å². The van der Waals surface area contributed by atoms with Gasteiger partial charge in [0.15, 0.2) is 0 Å². The fourth-order valence-corrected chi connectivity index (χ4v) is 3.28. The number of benzene rings is 1. The van der Waals surface area contributed by atoms with Gasteiger partial charge in [-0.2, -0.15) is 0 Å². The third-order valence-corrected chi connectivity index (χ3v) is 4.04. The molecule has 1 aliphatic carbocycles. The maximum atomic E-state index is 3.68. The lowest BCUT2D eigenvalue weighted by Crippen LogP contribution is -2.19. The molecule has 1 unspecified atom stereocenters. The van der Waals surface area contributed by atoms with Crippen molar-refractivity contribution in [2.75, 3.05) is 6.54 Å². The van der Waals surface area contributed by atoms with E-state index < -0.39 is 0 Å². The number of aromatic nitrogens is 1. The lowest BCUT2D eigenvalue weighted by molar-refractivity contribution is 0.531. The van der Waals surface area contributed by atoms with Crippen LogP contribution >= 0.6 is 0 Å². The SMILES string of the molecule is CCCNC1CCc2[nH]c3c(C)cc(C)cc3c21. The molecule has 0 bridgehead atoms. The summed E-state index contributed by atoms with van der Waals surface area (Å²) in [6.07, 6.45) is 3.63. The molecule has 2 N–H and O–H groups in total. The van der Waals surface area contributed by atoms with Crippen LogP contribution in [-0.4, -0.2) is 11.5 Å². The predicted molar refractivity (Wildman–Crippen MR) is 77.1 cm³/mol. The predicted octanol–water partition coefficient (Wildman–Crippen LogP) is 3.77. The molecule has 1 heterocycles. The molecule has 1 aromatic carbocycles. The Kier molecular flexibility index (Phi) is 2.90. The first-order chi connectivity index (χ1) is 8.70. The van der Waals surface area contributed by atoms with Gasteiger partial charge in [-0.1, -0.05) is 18.6 Å². The van der Waals surface area contributed by atoms with Crippen LogP contribution in [0.5, 0.6) is 0 Å². The maximum absolute atomic E-state index is 3.68. The summed E-state index contributed by atoms with van der Waals surface area (Å²) in [5.41, 5.74) is 7.06. The summed E-state index contributed by atoms with van der Waals surface area (Å²) in [7, 11) is 0. The van der Waals surface area contributed by atoms with Crippen molar-refractivity contribution in [2.24, 2.45) is 0 Å². The second kappa shape index (κ2) is 4.43. The number of aromatic amines is 1. The number of nitrogens with one attached hydrogen (secondary N) is 2. The van der Waals surface area contributed by atoms with Crippen molar-refractivity contribution < 1.29 is 0 Å². The summed E-state index contributed by atoms with van der Waals surface area (Å²) in [5.74, 6) is 0. The summed E-state index contributed by atoms with van der Waals surface area (Å²) in [6.45, 7) is 7.73. The van der Waals surface area contributed by atoms with Crippen LogP contribution in [0.3, 0.4) is 0 Å². The van der Waals surface area contributed by atoms with E-state index in [9.17, 15) is 0 Å². The number of H-pyrrole nitrogens is 1. The van der Waals surface area contributed by atoms with Gasteiger partial charge in [0.05, 0.1) is 0 Å². The molecule has 0 amide bonds. The normalized spacial score (nSPS) is 18.5. The summed E-state index contributed by atoms with van der Waals surface area (Å²) < 4.78 is 0. The van der Waals surface area contributed by atoms with Crippen LogP contribution in [0.15, 0.2) is 12.1 Å². The Balaban J connectivity index is 2.10. The van der Waals surface area contributed by atoms with E-state index in [2.05, 4.69) is 43.2 Å². The van der Waals surface area contributed by atoms with E-state index in [0.29, 0.717) is 6.04 Å².